The van der Waals surface area contributed by atoms with Crippen LogP contribution in [-0.2, 0) is 0 Å². The van der Waals surface area contributed by atoms with Crippen LogP contribution in [0.1, 0.15) is 12.8 Å². The van der Waals surface area contributed by atoms with Gasteiger partial charge in [-0.2, -0.15) is 0 Å². The Bertz CT molecular complexity index is 148. The summed E-state index contributed by atoms with van der Waals surface area (Å²) in [5.41, 5.74) is 0. The number of hydrogen-bond donors (Lipinski definition) is 6. The van der Waals surface area contributed by atoms with Gasteiger partial charge in [0.15, 0.2) is 0 Å². The number of rotatable bonds is 5. The number of aliphatic hydroxyl groups is 3. The Balaban J connectivity index is 0. The molecule has 0 aromatic heterocycles. The minimum atomic E-state index is -3.51. The van der Waals surface area contributed by atoms with Crippen molar-refractivity contribution in [3.63, 3.8) is 0 Å². The molecule has 0 rings (SSSR count). The van der Waals surface area contributed by atoms with Gasteiger partial charge in [-0.1, -0.05) is 0 Å². The molecule has 0 aromatic rings. The second-order valence-corrected chi connectivity index (χ2v) is 6.72. The molecule has 0 atom stereocenters. The molecular weight excluding hydrogens is 278 g/mol. The first kappa shape index (κ1) is 17.1. The van der Waals surface area contributed by atoms with E-state index in [2.05, 4.69) is 0 Å². The molecule has 0 radical (unpaired) electrons. The first-order valence-electron chi connectivity index (χ1n) is 3.96. The van der Waals surface area contributed by atoms with E-state index in [4.69, 9.17) is 30.0 Å². The van der Waals surface area contributed by atoms with Crippen molar-refractivity contribution in [2.45, 2.75) is 12.8 Å². The zero-order chi connectivity index (χ0) is 11.6. The van der Waals surface area contributed by atoms with Crippen LogP contribution in [0.15, 0.2) is 0 Å². The van der Waals surface area contributed by atoms with Gasteiger partial charge in [-0.25, -0.2) is 0 Å². The van der Waals surface area contributed by atoms with Crippen molar-refractivity contribution in [1.82, 2.24) is 0 Å². The second kappa shape index (κ2) is 10.2. The molecule has 0 saturated heterocycles. The summed E-state index contributed by atoms with van der Waals surface area (Å²) in [7, 11) is 0. The molecule has 0 aromatic carbocycles. The standard InChI is InChI=1S/C6H14O3.H3O3PSe/c7-3-1-2-6(4-8)5-9;1-4(2,3)5/h6-9H,1-5H2;(H3,1,2,3,5). The average Bonchev–Trinajstić information content (AvgIpc) is 2.04. The summed E-state index contributed by atoms with van der Waals surface area (Å²) >= 11 is 1.76. The van der Waals surface area contributed by atoms with Crippen molar-refractivity contribution in [3.8, 4) is 0 Å². The number of aliphatic hydroxyl groups excluding tert-OH is 3. The van der Waals surface area contributed by atoms with E-state index in [9.17, 15) is 0 Å². The molecule has 14 heavy (non-hydrogen) atoms. The maximum absolute atomic E-state index is 8.51. The molecule has 0 aliphatic rings. The van der Waals surface area contributed by atoms with Gasteiger partial charge < -0.3 is 15.3 Å². The van der Waals surface area contributed by atoms with Gasteiger partial charge in [0.05, 0.1) is 0 Å². The van der Waals surface area contributed by atoms with Crippen molar-refractivity contribution >= 4 is 21.3 Å². The topological polar surface area (TPSA) is 121 Å². The van der Waals surface area contributed by atoms with E-state index in [0.29, 0.717) is 12.8 Å². The normalized spacial score (nSPS) is 11.1. The van der Waals surface area contributed by atoms with Gasteiger partial charge in [0.2, 0.25) is 0 Å². The van der Waals surface area contributed by atoms with Crippen LogP contribution in [0, 0.1) is 5.92 Å². The Morgan fingerprint density at radius 1 is 1.00 bits per heavy atom. The van der Waals surface area contributed by atoms with E-state index in [0.717, 1.165) is 0 Å². The quantitative estimate of drug-likeness (QED) is 0.262. The molecule has 0 spiro atoms. The molecule has 0 amide bonds. The molecule has 0 saturated carbocycles. The van der Waals surface area contributed by atoms with Gasteiger partial charge in [0.25, 0.3) is 0 Å². The zero-order valence-electron chi connectivity index (χ0n) is 7.65. The van der Waals surface area contributed by atoms with Crippen molar-refractivity contribution < 1.29 is 30.0 Å². The number of hydrogen-bond acceptors (Lipinski definition) is 6. The Hall–Kier alpha value is 0.709. The molecule has 0 bridgehead atoms. The third-order valence-corrected chi connectivity index (χ3v) is 1.29. The molecule has 0 fully saturated rings. The second-order valence-electron chi connectivity index (χ2n) is 2.61. The molecular formula is C6H17O6PSe. The monoisotopic (exact) mass is 296 g/mol. The summed E-state index contributed by atoms with van der Waals surface area (Å²) in [6.07, 6.45) is -2.16. The fourth-order valence-electron chi connectivity index (χ4n) is 0.620. The summed E-state index contributed by atoms with van der Waals surface area (Å²) in [4.78, 5) is 23.1. The van der Waals surface area contributed by atoms with Gasteiger partial charge in [-0.05, 0) is 12.8 Å². The van der Waals surface area contributed by atoms with Gasteiger partial charge >= 0.3 is 36.0 Å². The van der Waals surface area contributed by atoms with Crippen LogP contribution in [-0.4, -0.2) is 64.9 Å². The Morgan fingerprint density at radius 2 is 1.36 bits per heavy atom. The summed E-state index contributed by atoms with van der Waals surface area (Å²) in [6.45, 7) is 0.156. The van der Waals surface area contributed by atoms with Crippen LogP contribution in [0.2, 0.25) is 0 Å². The van der Waals surface area contributed by atoms with Crippen LogP contribution in [0.3, 0.4) is 0 Å². The Kier molecular flexibility index (Phi) is 12.5. The third kappa shape index (κ3) is 23.0. The first-order chi connectivity index (χ1) is 6.35. The Morgan fingerprint density at radius 3 is 1.57 bits per heavy atom. The van der Waals surface area contributed by atoms with E-state index >= 15 is 0 Å². The zero-order valence-corrected chi connectivity index (χ0v) is 10.3. The van der Waals surface area contributed by atoms with Gasteiger partial charge in [0.1, 0.15) is 0 Å². The van der Waals surface area contributed by atoms with Crippen LogP contribution in [0.4, 0.5) is 0 Å². The van der Waals surface area contributed by atoms with Crippen molar-refractivity contribution in [3.05, 3.63) is 0 Å². The summed E-state index contributed by atoms with van der Waals surface area (Å²) in [5, 5.41) is 25.4. The van der Waals surface area contributed by atoms with E-state index in [1.807, 2.05) is 0 Å². The summed E-state index contributed by atoms with van der Waals surface area (Å²) in [6, 6.07) is 0. The van der Waals surface area contributed by atoms with Gasteiger partial charge in [-0.15, -0.1) is 0 Å². The van der Waals surface area contributed by atoms with Crippen LogP contribution >= 0.6 is 6.19 Å². The molecule has 0 aliphatic carbocycles. The van der Waals surface area contributed by atoms with E-state index in [1.165, 1.54) is 0 Å². The molecule has 88 valence electrons. The SMILES string of the molecule is OCCCC(CO)CO.OP(O)(O)=[Se]. The van der Waals surface area contributed by atoms with E-state index in [1.54, 1.807) is 15.1 Å². The van der Waals surface area contributed by atoms with Crippen molar-refractivity contribution in [2.75, 3.05) is 19.8 Å². The van der Waals surface area contributed by atoms with Gasteiger partial charge in [-0.3, -0.25) is 0 Å². The van der Waals surface area contributed by atoms with Crippen LogP contribution < -0.4 is 0 Å². The molecule has 0 aliphatic heterocycles. The Labute approximate surface area is 90.3 Å². The molecule has 6 nitrogen and oxygen atoms in total. The minimum absolute atomic E-state index is 0.0104. The van der Waals surface area contributed by atoms with E-state index in [-0.39, 0.29) is 25.7 Å². The fraction of sp³-hybridized carbons (Fsp3) is 1.00. The maximum atomic E-state index is 8.51. The predicted octanol–water partition coefficient (Wildman–Crippen LogP) is -1.83. The predicted molar refractivity (Wildman–Crippen MR) is 53.3 cm³/mol. The molecule has 6 N–H and O–H groups in total. The fourth-order valence-corrected chi connectivity index (χ4v) is 0.620. The molecule has 0 heterocycles. The third-order valence-electron chi connectivity index (χ3n) is 1.29. The van der Waals surface area contributed by atoms with E-state index < -0.39 is 6.19 Å². The first-order valence-corrected chi connectivity index (χ1v) is 7.82. The average molecular weight is 295 g/mol. The molecule has 8 heteroatoms. The van der Waals surface area contributed by atoms with Crippen LogP contribution in [0.5, 0.6) is 0 Å². The molecule has 0 unspecified atom stereocenters. The van der Waals surface area contributed by atoms with Gasteiger partial charge in [0, 0.05) is 25.7 Å². The van der Waals surface area contributed by atoms with Crippen molar-refractivity contribution in [2.24, 2.45) is 5.92 Å². The summed E-state index contributed by atoms with van der Waals surface area (Å²) in [5.74, 6) is -0.0443. The van der Waals surface area contributed by atoms with Crippen LogP contribution in [0.25, 0.3) is 0 Å². The van der Waals surface area contributed by atoms with Crippen molar-refractivity contribution in [1.29, 1.82) is 0 Å². The summed E-state index contributed by atoms with van der Waals surface area (Å²) < 4.78 is 0.